The number of aromatic nitrogens is 1. The van der Waals surface area contributed by atoms with E-state index < -0.39 is 5.60 Å². The van der Waals surface area contributed by atoms with Crippen LogP contribution < -0.4 is 0 Å². The fourth-order valence-electron chi connectivity index (χ4n) is 4.21. The van der Waals surface area contributed by atoms with E-state index in [-0.39, 0.29) is 0 Å². The molecule has 3 rings (SSSR count). The second-order valence-corrected chi connectivity index (χ2v) is 7.94. The summed E-state index contributed by atoms with van der Waals surface area (Å²) in [6.45, 7) is 9.58. The molecule has 3 atom stereocenters. The van der Waals surface area contributed by atoms with Gasteiger partial charge in [0.25, 0.3) is 0 Å². The first kappa shape index (κ1) is 14.5. The van der Waals surface area contributed by atoms with Crippen molar-refractivity contribution < 1.29 is 5.11 Å². The van der Waals surface area contributed by atoms with Crippen molar-refractivity contribution in [2.24, 2.45) is 11.8 Å². The summed E-state index contributed by atoms with van der Waals surface area (Å²) in [6.07, 6.45) is 4.39. The number of hydrogen-bond acceptors (Lipinski definition) is 4. The van der Waals surface area contributed by atoms with E-state index in [9.17, 15) is 5.11 Å². The van der Waals surface area contributed by atoms with E-state index in [0.29, 0.717) is 11.8 Å². The van der Waals surface area contributed by atoms with Gasteiger partial charge in [-0.1, -0.05) is 13.3 Å². The van der Waals surface area contributed by atoms with E-state index >= 15 is 0 Å². The Morgan fingerprint density at radius 1 is 1.40 bits per heavy atom. The van der Waals surface area contributed by atoms with Crippen molar-refractivity contribution in [3.05, 3.63) is 15.6 Å². The molecule has 0 radical (unpaired) electrons. The van der Waals surface area contributed by atoms with Crippen LogP contribution in [-0.4, -0.2) is 33.7 Å². The molecule has 112 valence electrons. The van der Waals surface area contributed by atoms with Gasteiger partial charge in [-0.15, -0.1) is 11.3 Å². The van der Waals surface area contributed by atoms with E-state index in [1.807, 2.05) is 11.3 Å². The molecule has 3 nitrogen and oxygen atoms in total. The maximum Gasteiger partial charge on any atom is 0.0900 e. The molecule has 1 aliphatic carbocycles. The molecule has 0 bridgehead atoms. The Bertz CT molecular complexity index is 487. The van der Waals surface area contributed by atoms with Crippen molar-refractivity contribution in [2.45, 2.75) is 58.6 Å². The van der Waals surface area contributed by atoms with Crippen molar-refractivity contribution in [1.82, 2.24) is 9.88 Å². The minimum absolute atomic E-state index is 0.406. The van der Waals surface area contributed by atoms with Gasteiger partial charge in [-0.25, -0.2) is 4.98 Å². The van der Waals surface area contributed by atoms with Crippen molar-refractivity contribution in [2.75, 3.05) is 13.1 Å². The van der Waals surface area contributed by atoms with Crippen LogP contribution in [0, 0.1) is 25.7 Å². The summed E-state index contributed by atoms with van der Waals surface area (Å²) in [5, 5.41) is 12.0. The first-order valence-corrected chi connectivity index (χ1v) is 8.71. The highest BCUT2D eigenvalue weighted by Gasteiger charge is 2.47. The average Bonchev–Trinajstić information content (AvgIpc) is 2.95. The van der Waals surface area contributed by atoms with Gasteiger partial charge in [-0.2, -0.15) is 0 Å². The third-order valence-electron chi connectivity index (χ3n) is 5.37. The SMILES string of the molecule is CC[C@]1(O)CCC[C@H]2CN(Cc3sc(C)nc3C)C[C@H]21. The Morgan fingerprint density at radius 2 is 2.20 bits per heavy atom. The number of aliphatic hydroxyl groups is 1. The number of rotatable bonds is 3. The zero-order valence-corrected chi connectivity index (χ0v) is 13.7. The van der Waals surface area contributed by atoms with Crippen LogP contribution in [0.4, 0.5) is 0 Å². The van der Waals surface area contributed by atoms with E-state index in [4.69, 9.17) is 0 Å². The molecule has 4 heteroatoms. The maximum atomic E-state index is 10.9. The first-order valence-electron chi connectivity index (χ1n) is 7.89. The molecular weight excluding hydrogens is 268 g/mol. The Hall–Kier alpha value is -0.450. The number of thiazole rings is 1. The molecule has 2 heterocycles. The van der Waals surface area contributed by atoms with E-state index in [1.165, 1.54) is 28.4 Å². The average molecular weight is 294 g/mol. The molecule has 2 aliphatic rings. The second-order valence-electron chi connectivity index (χ2n) is 6.65. The Balaban J connectivity index is 1.71. The van der Waals surface area contributed by atoms with Gasteiger partial charge in [0, 0.05) is 30.4 Å². The van der Waals surface area contributed by atoms with Gasteiger partial charge in [0.15, 0.2) is 0 Å². The number of fused-ring (bicyclic) bond motifs is 1. The number of nitrogens with zero attached hydrogens (tertiary/aromatic N) is 2. The summed E-state index contributed by atoms with van der Waals surface area (Å²) in [5.74, 6) is 1.18. The quantitative estimate of drug-likeness (QED) is 0.930. The van der Waals surface area contributed by atoms with E-state index in [2.05, 4.69) is 30.7 Å². The molecule has 0 amide bonds. The first-order chi connectivity index (χ1) is 9.51. The van der Waals surface area contributed by atoms with Crippen LogP contribution in [-0.2, 0) is 6.54 Å². The highest BCUT2D eigenvalue weighted by molar-refractivity contribution is 7.11. The van der Waals surface area contributed by atoms with Crippen LogP contribution in [0.25, 0.3) is 0 Å². The van der Waals surface area contributed by atoms with E-state index in [1.54, 1.807) is 0 Å². The van der Waals surface area contributed by atoms with Gasteiger partial charge < -0.3 is 5.11 Å². The Labute approximate surface area is 126 Å². The molecule has 0 unspecified atom stereocenters. The topological polar surface area (TPSA) is 36.4 Å². The lowest BCUT2D eigenvalue weighted by Gasteiger charge is -2.40. The molecule has 1 saturated heterocycles. The van der Waals surface area contributed by atoms with Crippen LogP contribution in [0.1, 0.15) is 48.2 Å². The summed E-state index contributed by atoms with van der Waals surface area (Å²) in [7, 11) is 0. The lowest BCUT2D eigenvalue weighted by Crippen LogP contribution is -2.44. The molecule has 1 aromatic rings. The number of likely N-dealkylation sites (tertiary alicyclic amines) is 1. The minimum atomic E-state index is -0.406. The summed E-state index contributed by atoms with van der Waals surface area (Å²) in [5.41, 5.74) is 0.782. The summed E-state index contributed by atoms with van der Waals surface area (Å²) >= 11 is 1.82. The Kier molecular flexibility index (Phi) is 3.91. The van der Waals surface area contributed by atoms with Crippen LogP contribution in [0.3, 0.4) is 0 Å². The largest absolute Gasteiger partial charge is 0.390 e. The van der Waals surface area contributed by atoms with Crippen LogP contribution in [0.5, 0.6) is 0 Å². The van der Waals surface area contributed by atoms with Gasteiger partial charge in [0.2, 0.25) is 0 Å². The fraction of sp³-hybridized carbons (Fsp3) is 0.812. The van der Waals surface area contributed by atoms with Crippen LogP contribution in [0.15, 0.2) is 0 Å². The summed E-state index contributed by atoms with van der Waals surface area (Å²) < 4.78 is 0. The van der Waals surface area contributed by atoms with Gasteiger partial charge in [0.05, 0.1) is 16.3 Å². The molecule has 1 aromatic heterocycles. The lowest BCUT2D eigenvalue weighted by molar-refractivity contribution is -0.0613. The van der Waals surface area contributed by atoms with Gasteiger partial charge in [-0.05, 0) is 39.0 Å². The highest BCUT2D eigenvalue weighted by atomic mass is 32.1. The van der Waals surface area contributed by atoms with Gasteiger partial charge in [-0.3, -0.25) is 4.90 Å². The summed E-state index contributed by atoms with van der Waals surface area (Å²) in [6, 6.07) is 0. The monoisotopic (exact) mass is 294 g/mol. The van der Waals surface area contributed by atoms with Crippen molar-refractivity contribution in [3.63, 3.8) is 0 Å². The van der Waals surface area contributed by atoms with Crippen LogP contribution >= 0.6 is 11.3 Å². The predicted molar refractivity (Wildman–Crippen MR) is 82.9 cm³/mol. The molecule has 1 N–H and O–H groups in total. The highest BCUT2D eigenvalue weighted by Crippen LogP contribution is 2.44. The van der Waals surface area contributed by atoms with Crippen molar-refractivity contribution in [1.29, 1.82) is 0 Å². The molecule has 1 saturated carbocycles. The van der Waals surface area contributed by atoms with E-state index in [0.717, 1.165) is 32.5 Å². The predicted octanol–water partition coefficient (Wildman–Crippen LogP) is 3.13. The number of aryl methyl sites for hydroxylation is 2. The normalized spacial score (nSPS) is 34.4. The third kappa shape index (κ3) is 2.53. The smallest absolute Gasteiger partial charge is 0.0900 e. The molecule has 20 heavy (non-hydrogen) atoms. The molecule has 0 aromatic carbocycles. The van der Waals surface area contributed by atoms with Gasteiger partial charge >= 0.3 is 0 Å². The lowest BCUT2D eigenvalue weighted by atomic mass is 9.69. The van der Waals surface area contributed by atoms with Crippen LogP contribution in [0.2, 0.25) is 0 Å². The number of hydrogen-bond donors (Lipinski definition) is 1. The van der Waals surface area contributed by atoms with Gasteiger partial charge in [0.1, 0.15) is 0 Å². The zero-order chi connectivity index (χ0) is 14.3. The second kappa shape index (κ2) is 5.39. The zero-order valence-electron chi connectivity index (χ0n) is 12.9. The van der Waals surface area contributed by atoms with Crippen molar-refractivity contribution in [3.8, 4) is 0 Å². The molecule has 1 aliphatic heterocycles. The third-order valence-corrected chi connectivity index (χ3v) is 6.43. The fourth-order valence-corrected chi connectivity index (χ4v) is 5.19. The molecule has 0 spiro atoms. The summed E-state index contributed by atoms with van der Waals surface area (Å²) in [4.78, 5) is 8.48. The minimum Gasteiger partial charge on any atom is -0.390 e. The standard InChI is InChI=1S/C16H26N2OS/c1-4-16(19)7-5-6-13-8-18(9-14(13)16)10-15-11(2)17-12(3)20-15/h13-14,19H,4-10H2,1-3H3/t13-,14+,16-/m0/s1. The maximum absolute atomic E-state index is 10.9. The Morgan fingerprint density at radius 3 is 2.85 bits per heavy atom. The molecular formula is C16H26N2OS. The van der Waals surface area contributed by atoms with Crippen molar-refractivity contribution >= 4 is 11.3 Å². The molecule has 2 fully saturated rings.